The average Bonchev–Trinajstić information content (AvgIpc) is 2.87. The highest BCUT2D eigenvalue weighted by Crippen LogP contribution is 2.34. The van der Waals surface area contributed by atoms with Gasteiger partial charge < -0.3 is 0 Å². The van der Waals surface area contributed by atoms with E-state index in [9.17, 15) is 15.0 Å². The fourth-order valence-corrected chi connectivity index (χ4v) is 2.47. The maximum Gasteiger partial charge on any atom is 0.272 e. The van der Waals surface area contributed by atoms with Crippen molar-refractivity contribution in [3.8, 4) is 11.3 Å². The molecule has 0 atom stereocenters. The molecule has 0 fully saturated rings. The molecule has 0 aliphatic heterocycles. The Kier molecular flexibility index (Phi) is 3.17. The van der Waals surface area contributed by atoms with Crippen LogP contribution in [-0.2, 0) is 0 Å². The van der Waals surface area contributed by atoms with Gasteiger partial charge in [0.1, 0.15) is 11.3 Å². The van der Waals surface area contributed by atoms with Crippen LogP contribution in [0.3, 0.4) is 0 Å². The van der Waals surface area contributed by atoms with Crippen molar-refractivity contribution in [2.45, 2.75) is 13.8 Å². The number of benzene rings is 1. The summed E-state index contributed by atoms with van der Waals surface area (Å²) in [6.45, 7) is 3.50. The Balaban J connectivity index is 2.31. The van der Waals surface area contributed by atoms with E-state index in [2.05, 4.69) is 10.2 Å². The van der Waals surface area contributed by atoms with Crippen molar-refractivity contribution in [2.75, 3.05) is 0 Å². The molecule has 0 saturated heterocycles. The first-order valence-electron chi connectivity index (χ1n) is 6.60. The first-order valence-corrected chi connectivity index (χ1v) is 6.60. The predicted octanol–water partition coefficient (Wildman–Crippen LogP) is 3.92. The van der Waals surface area contributed by atoms with E-state index in [0.29, 0.717) is 22.5 Å². The summed E-state index contributed by atoms with van der Waals surface area (Å²) in [4.78, 5) is 26.3. The van der Waals surface area contributed by atoms with Gasteiger partial charge >= 0.3 is 0 Å². The van der Waals surface area contributed by atoms with Crippen LogP contribution >= 0.6 is 0 Å². The fraction of sp³-hybridized carbons (Fsp3) is 0.133. The molecular weight excluding hydrogens is 284 g/mol. The minimum atomic E-state index is -0.451. The normalized spacial score (nSPS) is 10.8. The second-order valence-corrected chi connectivity index (χ2v) is 4.99. The molecule has 110 valence electrons. The maximum atomic E-state index is 11.3. The lowest BCUT2D eigenvalue weighted by Gasteiger charge is -2.02. The molecule has 0 aliphatic carbocycles. The topological polar surface area (TPSA) is 89.9 Å². The van der Waals surface area contributed by atoms with Crippen molar-refractivity contribution in [1.29, 1.82) is 0 Å². The van der Waals surface area contributed by atoms with Gasteiger partial charge in [0.25, 0.3) is 5.69 Å². The van der Waals surface area contributed by atoms with Gasteiger partial charge in [0, 0.05) is 22.9 Å². The third kappa shape index (κ3) is 2.03. The zero-order valence-electron chi connectivity index (χ0n) is 12.0. The van der Waals surface area contributed by atoms with Crippen molar-refractivity contribution in [1.82, 2.24) is 9.38 Å². The van der Waals surface area contributed by atoms with Crippen LogP contribution in [0, 0.1) is 28.9 Å². The van der Waals surface area contributed by atoms with Gasteiger partial charge in [-0.25, -0.2) is 4.98 Å². The molecule has 0 spiro atoms. The van der Waals surface area contributed by atoms with Crippen LogP contribution in [0.4, 0.5) is 11.5 Å². The van der Waals surface area contributed by atoms with Gasteiger partial charge in [-0.1, -0.05) is 18.2 Å². The van der Waals surface area contributed by atoms with Gasteiger partial charge in [0.15, 0.2) is 0 Å². The molecular formula is C15H12N4O3. The minimum absolute atomic E-state index is 0.0110. The second kappa shape index (κ2) is 5.03. The number of pyridine rings is 1. The molecule has 3 aromatic rings. The molecule has 0 unspecified atom stereocenters. The van der Waals surface area contributed by atoms with E-state index in [-0.39, 0.29) is 11.5 Å². The summed E-state index contributed by atoms with van der Waals surface area (Å²) in [5.74, 6) is 0.145. The summed E-state index contributed by atoms with van der Waals surface area (Å²) in [6, 6.07) is 10.2. The van der Waals surface area contributed by atoms with Crippen LogP contribution in [0.2, 0.25) is 0 Å². The van der Waals surface area contributed by atoms with Crippen LogP contribution in [-0.4, -0.2) is 14.3 Å². The minimum Gasteiger partial charge on any atom is -0.278 e. The van der Waals surface area contributed by atoms with E-state index < -0.39 is 4.92 Å². The van der Waals surface area contributed by atoms with E-state index in [1.807, 2.05) is 19.1 Å². The summed E-state index contributed by atoms with van der Waals surface area (Å²) < 4.78 is 1.63. The van der Waals surface area contributed by atoms with Crippen molar-refractivity contribution in [3.05, 3.63) is 62.7 Å². The number of aromatic nitrogens is 2. The summed E-state index contributed by atoms with van der Waals surface area (Å²) in [7, 11) is 0. The summed E-state index contributed by atoms with van der Waals surface area (Å²) in [5, 5.41) is 14.2. The molecule has 0 radical (unpaired) electrons. The van der Waals surface area contributed by atoms with Crippen molar-refractivity contribution in [2.24, 2.45) is 5.18 Å². The Hall–Kier alpha value is -3.09. The predicted molar refractivity (Wildman–Crippen MR) is 82.2 cm³/mol. The van der Waals surface area contributed by atoms with Crippen LogP contribution in [0.1, 0.15) is 11.3 Å². The van der Waals surface area contributed by atoms with Crippen molar-refractivity contribution < 1.29 is 4.92 Å². The number of hydrogen-bond donors (Lipinski definition) is 0. The van der Waals surface area contributed by atoms with E-state index in [1.165, 1.54) is 6.07 Å². The van der Waals surface area contributed by atoms with E-state index in [1.54, 1.807) is 29.5 Å². The number of nitrogens with zero attached hydrogens (tertiary/aromatic N) is 4. The number of hydrogen-bond acceptors (Lipinski definition) is 5. The summed E-state index contributed by atoms with van der Waals surface area (Å²) in [6.07, 6.45) is 0. The molecule has 0 saturated carbocycles. The number of imidazole rings is 1. The number of nitro benzene ring substituents is 1. The highest BCUT2D eigenvalue weighted by atomic mass is 16.6. The quantitative estimate of drug-likeness (QED) is 0.416. The van der Waals surface area contributed by atoms with Crippen molar-refractivity contribution in [3.63, 3.8) is 0 Å². The SMILES string of the molecule is Cc1ccc(-c2nc3cccc(C)n3c2N=O)cc1[N+](=O)[O-]. The smallest absolute Gasteiger partial charge is 0.272 e. The van der Waals surface area contributed by atoms with E-state index in [0.717, 1.165) is 5.69 Å². The second-order valence-electron chi connectivity index (χ2n) is 4.99. The Morgan fingerprint density at radius 3 is 2.68 bits per heavy atom. The van der Waals surface area contributed by atoms with Gasteiger partial charge in [0.05, 0.1) is 4.92 Å². The molecule has 0 aliphatic rings. The lowest BCUT2D eigenvalue weighted by molar-refractivity contribution is -0.385. The number of nitroso groups, excluding NO2 is 1. The molecule has 0 amide bonds. The molecule has 2 aromatic heterocycles. The largest absolute Gasteiger partial charge is 0.278 e. The van der Waals surface area contributed by atoms with Gasteiger partial charge in [-0.05, 0) is 31.2 Å². The summed E-state index contributed by atoms with van der Waals surface area (Å²) in [5.41, 5.74) is 2.76. The molecule has 22 heavy (non-hydrogen) atoms. The molecule has 0 bridgehead atoms. The molecule has 2 heterocycles. The number of fused-ring (bicyclic) bond motifs is 1. The van der Waals surface area contributed by atoms with Gasteiger partial charge in [-0.3, -0.25) is 14.5 Å². The summed E-state index contributed by atoms with van der Waals surface area (Å²) >= 11 is 0. The van der Waals surface area contributed by atoms with Crippen LogP contribution in [0.5, 0.6) is 0 Å². The van der Waals surface area contributed by atoms with Gasteiger partial charge in [-0.2, -0.15) is 0 Å². The number of aryl methyl sites for hydroxylation is 2. The molecule has 7 nitrogen and oxygen atoms in total. The molecule has 0 N–H and O–H groups in total. The van der Waals surface area contributed by atoms with Crippen molar-refractivity contribution >= 4 is 17.2 Å². The molecule has 1 aromatic carbocycles. The number of rotatable bonds is 3. The third-order valence-electron chi connectivity index (χ3n) is 3.58. The first kappa shape index (κ1) is 13.9. The Morgan fingerprint density at radius 1 is 1.23 bits per heavy atom. The Morgan fingerprint density at radius 2 is 2.00 bits per heavy atom. The van der Waals surface area contributed by atoms with Crippen LogP contribution in [0.15, 0.2) is 41.6 Å². The standard InChI is InChI=1S/C15H12N4O3/c1-9-6-7-11(8-12(9)19(21)22)14-15(17-20)18-10(2)4-3-5-13(18)16-14/h3-8H,1-2H3. The average molecular weight is 296 g/mol. The maximum absolute atomic E-state index is 11.3. The lowest BCUT2D eigenvalue weighted by Crippen LogP contribution is -1.92. The zero-order chi connectivity index (χ0) is 15.9. The van der Waals surface area contributed by atoms with Gasteiger partial charge in [-0.15, -0.1) is 4.91 Å². The Bertz CT molecular complexity index is 915. The van der Waals surface area contributed by atoms with Crippen LogP contribution in [0.25, 0.3) is 16.9 Å². The van der Waals surface area contributed by atoms with Crippen LogP contribution < -0.4 is 0 Å². The van der Waals surface area contributed by atoms with E-state index in [4.69, 9.17) is 0 Å². The monoisotopic (exact) mass is 296 g/mol. The third-order valence-corrected chi connectivity index (χ3v) is 3.58. The first-order chi connectivity index (χ1) is 10.5. The van der Waals surface area contributed by atoms with E-state index >= 15 is 0 Å². The lowest BCUT2D eigenvalue weighted by atomic mass is 10.1. The molecule has 3 rings (SSSR count). The Labute approximate surface area is 125 Å². The van der Waals surface area contributed by atoms with Gasteiger partial charge in [0.2, 0.25) is 5.82 Å². The zero-order valence-corrected chi connectivity index (χ0v) is 12.0. The molecule has 7 heteroatoms. The highest BCUT2D eigenvalue weighted by molar-refractivity contribution is 5.76. The fourth-order valence-electron chi connectivity index (χ4n) is 2.47. The number of nitro groups is 1. The highest BCUT2D eigenvalue weighted by Gasteiger charge is 2.19.